The van der Waals surface area contributed by atoms with Crippen LogP contribution in [0.1, 0.15) is 24.5 Å². The number of Topliss-reactive ketones (excluding diaryl/α,β-unsaturated/α-hetero) is 1. The predicted octanol–water partition coefficient (Wildman–Crippen LogP) is 1.07. The summed E-state index contributed by atoms with van der Waals surface area (Å²) in [5.74, 6) is -3.19. The van der Waals surface area contributed by atoms with Crippen LogP contribution >= 0.6 is 0 Å². The Kier molecular flexibility index (Phi) is 6.36. The van der Waals surface area contributed by atoms with Gasteiger partial charge in [0.15, 0.2) is 5.54 Å². The second-order valence-corrected chi connectivity index (χ2v) is 9.26. The minimum Gasteiger partial charge on any atom is -0.507 e. The zero-order valence-electron chi connectivity index (χ0n) is 20.1. The maximum atomic E-state index is 14.1. The topological polar surface area (TPSA) is 91.6 Å². The molecule has 8 nitrogen and oxygen atoms in total. The highest BCUT2D eigenvalue weighted by atomic mass is 19.1. The van der Waals surface area contributed by atoms with Crippen molar-refractivity contribution < 1.29 is 33.5 Å². The number of likely N-dealkylation sites (tertiary alicyclic amines) is 1. The Morgan fingerprint density at radius 3 is 2.47 bits per heavy atom. The number of carbonyl (C=O) groups is 3. The maximum Gasteiger partial charge on any atom is 0.296 e. The standard InChI is InChI=1S/C27H28FN3O5/c1-2-30-21-7-4-3-6-20(21)27(26(30)35)22(23(32)18-8-10-19(28)11-9-18)24(33)25(34)31(27)13-5-12-29-14-16-36-17-15-29/h3-4,6-11,32H,2,5,12-17H2,1H3/p+1/t27-/m1/s1. The van der Waals surface area contributed by atoms with Crippen molar-refractivity contribution in [2.75, 3.05) is 50.8 Å². The molecule has 188 valence electrons. The van der Waals surface area contributed by atoms with Crippen LogP contribution in [0.25, 0.3) is 5.76 Å². The van der Waals surface area contributed by atoms with Gasteiger partial charge in [-0.05, 0) is 37.3 Å². The third-order valence-electron chi connectivity index (χ3n) is 7.36. The molecule has 2 amide bonds. The molecule has 5 rings (SSSR count). The molecule has 36 heavy (non-hydrogen) atoms. The van der Waals surface area contributed by atoms with Gasteiger partial charge in [0.1, 0.15) is 24.7 Å². The molecule has 0 aliphatic carbocycles. The smallest absolute Gasteiger partial charge is 0.296 e. The van der Waals surface area contributed by atoms with E-state index in [1.807, 2.05) is 6.92 Å². The van der Waals surface area contributed by atoms with Crippen molar-refractivity contribution in [3.05, 3.63) is 71.0 Å². The molecule has 0 unspecified atom stereocenters. The Morgan fingerprint density at radius 1 is 1.08 bits per heavy atom. The van der Waals surface area contributed by atoms with E-state index in [-0.39, 0.29) is 17.7 Å². The molecule has 2 N–H and O–H groups in total. The van der Waals surface area contributed by atoms with Crippen LogP contribution in [0, 0.1) is 5.82 Å². The number of fused-ring (bicyclic) bond motifs is 2. The summed E-state index contributed by atoms with van der Waals surface area (Å²) in [6.07, 6.45) is 0.572. The van der Waals surface area contributed by atoms with E-state index in [1.54, 1.807) is 29.2 Å². The van der Waals surface area contributed by atoms with Gasteiger partial charge in [-0.3, -0.25) is 14.4 Å². The van der Waals surface area contributed by atoms with Crippen LogP contribution in [-0.4, -0.2) is 73.5 Å². The predicted molar refractivity (Wildman–Crippen MR) is 130 cm³/mol. The molecule has 1 spiro atoms. The van der Waals surface area contributed by atoms with Crippen molar-refractivity contribution in [3.8, 4) is 0 Å². The number of anilines is 1. The fourth-order valence-corrected chi connectivity index (χ4v) is 5.63. The second kappa shape index (κ2) is 9.48. The van der Waals surface area contributed by atoms with Crippen molar-refractivity contribution in [1.82, 2.24) is 4.90 Å². The summed E-state index contributed by atoms with van der Waals surface area (Å²) in [5, 5.41) is 11.3. The van der Waals surface area contributed by atoms with Crippen LogP contribution in [0.5, 0.6) is 0 Å². The third kappa shape index (κ3) is 3.61. The monoisotopic (exact) mass is 494 g/mol. The number of hydrogen-bond acceptors (Lipinski definition) is 5. The quantitative estimate of drug-likeness (QED) is 0.356. The number of likely N-dealkylation sites (N-methyl/N-ethyl adjacent to an activating group) is 1. The average molecular weight is 495 g/mol. The highest BCUT2D eigenvalue weighted by Crippen LogP contribution is 2.53. The maximum absolute atomic E-state index is 14.1. The molecule has 2 aromatic rings. The molecule has 2 fully saturated rings. The molecule has 3 aliphatic heterocycles. The highest BCUT2D eigenvalue weighted by Gasteiger charge is 2.66. The molecule has 2 aromatic carbocycles. The van der Waals surface area contributed by atoms with Crippen LogP contribution in [0.15, 0.2) is 54.1 Å². The number of aliphatic hydroxyl groups is 1. The van der Waals surface area contributed by atoms with E-state index in [1.165, 1.54) is 21.9 Å². The van der Waals surface area contributed by atoms with Crippen molar-refractivity contribution in [2.24, 2.45) is 0 Å². The summed E-state index contributed by atoms with van der Waals surface area (Å²) < 4.78 is 19.0. The van der Waals surface area contributed by atoms with Gasteiger partial charge in [0.05, 0.1) is 31.0 Å². The molecule has 2 saturated heterocycles. The van der Waals surface area contributed by atoms with Crippen molar-refractivity contribution in [1.29, 1.82) is 0 Å². The van der Waals surface area contributed by atoms with E-state index >= 15 is 0 Å². The zero-order valence-corrected chi connectivity index (χ0v) is 20.1. The minimum atomic E-state index is -1.78. The molecule has 9 heteroatoms. The number of para-hydroxylation sites is 1. The lowest BCUT2D eigenvalue weighted by Gasteiger charge is -2.35. The summed E-state index contributed by atoms with van der Waals surface area (Å²) in [4.78, 5) is 45.3. The molecule has 0 aromatic heterocycles. The van der Waals surface area contributed by atoms with E-state index < -0.39 is 34.7 Å². The van der Waals surface area contributed by atoms with Gasteiger partial charge in [0.2, 0.25) is 0 Å². The average Bonchev–Trinajstić information content (AvgIpc) is 3.27. The summed E-state index contributed by atoms with van der Waals surface area (Å²) in [6, 6.07) is 12.0. The van der Waals surface area contributed by atoms with Gasteiger partial charge in [-0.25, -0.2) is 4.39 Å². The molecule has 1 atom stereocenters. The van der Waals surface area contributed by atoms with Crippen LogP contribution in [0.2, 0.25) is 0 Å². The van der Waals surface area contributed by atoms with Gasteiger partial charge < -0.3 is 24.5 Å². The van der Waals surface area contributed by atoms with Gasteiger partial charge in [-0.2, -0.15) is 0 Å². The molecule has 0 radical (unpaired) electrons. The number of ether oxygens (including phenoxy) is 1. The number of benzene rings is 2. The molecular formula is C27H29FN3O5+. The van der Waals surface area contributed by atoms with E-state index in [9.17, 15) is 23.9 Å². The molecule has 0 bridgehead atoms. The number of nitrogens with zero attached hydrogens (tertiary/aromatic N) is 2. The lowest BCUT2D eigenvalue weighted by molar-refractivity contribution is -0.908. The van der Waals surface area contributed by atoms with Gasteiger partial charge in [0, 0.05) is 30.6 Å². The number of ketones is 1. The largest absolute Gasteiger partial charge is 0.507 e. The summed E-state index contributed by atoms with van der Waals surface area (Å²) >= 11 is 0. The fraction of sp³-hybridized carbons (Fsp3) is 0.370. The Bertz CT molecular complexity index is 1240. The number of aliphatic hydroxyl groups excluding tert-OH is 1. The SMILES string of the molecule is CCN1C(=O)[C@]2(C(=C(O)c3ccc(F)cc3)C(=O)C(=O)N2CCC[NH+]2CCOCC2)c2ccccc21. The highest BCUT2D eigenvalue weighted by molar-refractivity contribution is 6.50. The Morgan fingerprint density at radius 2 is 1.78 bits per heavy atom. The van der Waals surface area contributed by atoms with Crippen molar-refractivity contribution in [3.63, 3.8) is 0 Å². The first kappa shape index (κ1) is 24.1. The lowest BCUT2D eigenvalue weighted by atomic mass is 9.82. The molecular weight excluding hydrogens is 465 g/mol. The van der Waals surface area contributed by atoms with Gasteiger partial charge in [0.25, 0.3) is 17.6 Å². The Labute approximate surface area is 208 Å². The number of rotatable bonds is 6. The first-order valence-electron chi connectivity index (χ1n) is 12.3. The van der Waals surface area contributed by atoms with E-state index in [0.29, 0.717) is 37.4 Å². The summed E-state index contributed by atoms with van der Waals surface area (Å²) in [6.45, 7) is 6.16. The third-order valence-corrected chi connectivity index (χ3v) is 7.36. The normalized spacial score (nSPS) is 23.7. The summed E-state index contributed by atoms with van der Waals surface area (Å²) in [7, 11) is 0. The lowest BCUT2D eigenvalue weighted by Crippen LogP contribution is -3.14. The van der Waals surface area contributed by atoms with Gasteiger partial charge >= 0.3 is 0 Å². The number of nitrogens with one attached hydrogen (secondary N) is 1. The van der Waals surface area contributed by atoms with Crippen molar-refractivity contribution in [2.45, 2.75) is 18.9 Å². The number of halogens is 1. The van der Waals surface area contributed by atoms with E-state index in [0.717, 1.165) is 31.8 Å². The van der Waals surface area contributed by atoms with E-state index in [2.05, 4.69) is 0 Å². The number of hydrogen-bond donors (Lipinski definition) is 2. The van der Waals surface area contributed by atoms with E-state index in [4.69, 9.17) is 4.74 Å². The number of quaternary nitrogens is 1. The van der Waals surface area contributed by atoms with Crippen LogP contribution in [0.3, 0.4) is 0 Å². The van der Waals surface area contributed by atoms with Gasteiger partial charge in [-0.15, -0.1) is 0 Å². The second-order valence-electron chi connectivity index (χ2n) is 9.26. The molecule has 0 saturated carbocycles. The fourth-order valence-electron chi connectivity index (χ4n) is 5.63. The van der Waals surface area contributed by atoms with Crippen LogP contribution in [0.4, 0.5) is 10.1 Å². The first-order chi connectivity index (χ1) is 17.4. The zero-order chi connectivity index (χ0) is 25.4. The minimum absolute atomic E-state index is 0.159. The number of carbonyl (C=O) groups excluding carboxylic acids is 3. The number of morpholine rings is 1. The van der Waals surface area contributed by atoms with Crippen molar-refractivity contribution >= 4 is 29.0 Å². The summed E-state index contributed by atoms with van der Waals surface area (Å²) in [5.41, 5.74) is -0.809. The number of amides is 2. The first-order valence-corrected chi connectivity index (χ1v) is 12.3. The Balaban J connectivity index is 1.64. The van der Waals surface area contributed by atoms with Crippen LogP contribution in [-0.2, 0) is 24.7 Å². The Hall–Kier alpha value is -3.56. The molecule has 3 aliphatic rings. The van der Waals surface area contributed by atoms with Gasteiger partial charge in [-0.1, -0.05) is 18.2 Å². The van der Waals surface area contributed by atoms with Crippen LogP contribution < -0.4 is 9.80 Å². The molecule has 3 heterocycles.